The van der Waals surface area contributed by atoms with E-state index in [1.165, 1.54) is 24.3 Å². The fourth-order valence-electron chi connectivity index (χ4n) is 2.30. The van der Waals surface area contributed by atoms with Crippen LogP contribution in [0.4, 0.5) is 4.39 Å². The molecule has 1 heterocycles. The molecule has 1 amide bonds. The van der Waals surface area contributed by atoms with Crippen LogP contribution < -0.4 is 5.90 Å². The van der Waals surface area contributed by atoms with E-state index in [1.807, 2.05) is 0 Å². The van der Waals surface area contributed by atoms with E-state index in [0.29, 0.717) is 18.7 Å². The lowest BCUT2D eigenvalue weighted by molar-refractivity contribution is 0.0472. The van der Waals surface area contributed by atoms with Crippen LogP contribution in [0.5, 0.6) is 0 Å². The molecule has 0 bridgehead atoms. The maximum atomic E-state index is 12.8. The number of halogens is 1. The number of likely N-dealkylation sites (tertiary alicyclic amines) is 1. The number of carbonyl (C=O) groups is 1. The van der Waals surface area contributed by atoms with Crippen LogP contribution in [0.3, 0.4) is 0 Å². The molecule has 1 saturated heterocycles. The van der Waals surface area contributed by atoms with Gasteiger partial charge in [0, 0.05) is 24.6 Å². The maximum Gasteiger partial charge on any atom is 0.253 e. The molecule has 0 saturated carbocycles. The van der Waals surface area contributed by atoms with Crippen molar-refractivity contribution in [3.8, 4) is 0 Å². The van der Waals surface area contributed by atoms with Gasteiger partial charge in [0.1, 0.15) is 5.82 Å². The molecule has 18 heavy (non-hydrogen) atoms. The SMILES string of the molecule is NOCC1CCCN(C(=O)c2ccc(F)cc2)C1. The Morgan fingerprint density at radius 2 is 2.17 bits per heavy atom. The number of benzene rings is 1. The summed E-state index contributed by atoms with van der Waals surface area (Å²) in [6.07, 6.45) is 1.96. The Balaban J connectivity index is 2.02. The third-order valence-electron chi connectivity index (χ3n) is 3.23. The van der Waals surface area contributed by atoms with E-state index in [1.54, 1.807) is 4.90 Å². The van der Waals surface area contributed by atoms with Gasteiger partial charge >= 0.3 is 0 Å². The molecule has 5 heteroatoms. The van der Waals surface area contributed by atoms with E-state index in [0.717, 1.165) is 19.4 Å². The predicted molar refractivity (Wildman–Crippen MR) is 65.2 cm³/mol. The van der Waals surface area contributed by atoms with Crippen LogP contribution >= 0.6 is 0 Å². The van der Waals surface area contributed by atoms with Gasteiger partial charge in [0.25, 0.3) is 5.91 Å². The van der Waals surface area contributed by atoms with Gasteiger partial charge in [-0.2, -0.15) is 0 Å². The predicted octanol–water partition coefficient (Wildman–Crippen LogP) is 1.57. The quantitative estimate of drug-likeness (QED) is 0.831. The molecule has 0 aliphatic carbocycles. The molecule has 1 aromatic carbocycles. The molecule has 2 rings (SSSR count). The number of nitrogens with two attached hydrogens (primary N) is 1. The first-order valence-corrected chi connectivity index (χ1v) is 6.07. The second kappa shape index (κ2) is 5.93. The van der Waals surface area contributed by atoms with Crippen LogP contribution in [0.15, 0.2) is 24.3 Å². The fraction of sp³-hybridized carbons (Fsp3) is 0.462. The Morgan fingerprint density at radius 3 is 2.83 bits per heavy atom. The van der Waals surface area contributed by atoms with E-state index in [4.69, 9.17) is 5.90 Å². The molecule has 1 aromatic rings. The molecule has 2 N–H and O–H groups in total. The third kappa shape index (κ3) is 3.05. The number of hydrogen-bond acceptors (Lipinski definition) is 3. The van der Waals surface area contributed by atoms with Crippen LogP contribution in [-0.4, -0.2) is 30.5 Å². The molecule has 98 valence electrons. The lowest BCUT2D eigenvalue weighted by atomic mass is 9.98. The monoisotopic (exact) mass is 252 g/mol. The van der Waals surface area contributed by atoms with E-state index >= 15 is 0 Å². The third-order valence-corrected chi connectivity index (χ3v) is 3.23. The maximum absolute atomic E-state index is 12.8. The van der Waals surface area contributed by atoms with Crippen LogP contribution in [0.25, 0.3) is 0 Å². The van der Waals surface area contributed by atoms with Crippen LogP contribution in [-0.2, 0) is 4.84 Å². The molecule has 1 atom stereocenters. The molecule has 1 fully saturated rings. The van der Waals surface area contributed by atoms with Crippen LogP contribution in [0, 0.1) is 11.7 Å². The summed E-state index contributed by atoms with van der Waals surface area (Å²) in [4.78, 5) is 18.6. The van der Waals surface area contributed by atoms with Gasteiger partial charge in [-0.05, 0) is 37.1 Å². The van der Waals surface area contributed by atoms with Crippen molar-refractivity contribution in [1.82, 2.24) is 4.90 Å². The Labute approximate surface area is 105 Å². The zero-order valence-corrected chi connectivity index (χ0v) is 10.1. The van der Waals surface area contributed by atoms with Crippen molar-refractivity contribution in [2.75, 3.05) is 19.7 Å². The van der Waals surface area contributed by atoms with Crippen LogP contribution in [0.2, 0.25) is 0 Å². The van der Waals surface area contributed by atoms with Crippen molar-refractivity contribution in [3.05, 3.63) is 35.6 Å². The summed E-state index contributed by atoms with van der Waals surface area (Å²) in [5.41, 5.74) is 0.519. The minimum absolute atomic E-state index is 0.0586. The highest BCUT2D eigenvalue weighted by Crippen LogP contribution is 2.18. The van der Waals surface area contributed by atoms with Crippen LogP contribution in [0.1, 0.15) is 23.2 Å². The van der Waals surface area contributed by atoms with Gasteiger partial charge in [-0.1, -0.05) is 0 Å². The molecule has 4 nitrogen and oxygen atoms in total. The van der Waals surface area contributed by atoms with Crippen molar-refractivity contribution in [2.24, 2.45) is 11.8 Å². The van der Waals surface area contributed by atoms with Crippen molar-refractivity contribution in [3.63, 3.8) is 0 Å². The number of nitrogens with zero attached hydrogens (tertiary/aromatic N) is 1. The van der Waals surface area contributed by atoms with E-state index in [-0.39, 0.29) is 17.6 Å². The molecular formula is C13H17FN2O2. The number of piperidine rings is 1. The van der Waals surface area contributed by atoms with E-state index < -0.39 is 0 Å². The summed E-state index contributed by atoms with van der Waals surface area (Å²) in [5.74, 6) is 4.96. The molecule has 1 aliphatic heterocycles. The molecule has 0 radical (unpaired) electrons. The largest absolute Gasteiger partial charge is 0.338 e. The summed E-state index contributed by atoms with van der Waals surface area (Å²) in [6.45, 7) is 1.85. The van der Waals surface area contributed by atoms with Gasteiger partial charge < -0.3 is 9.74 Å². The lowest BCUT2D eigenvalue weighted by Gasteiger charge is -2.32. The van der Waals surface area contributed by atoms with Gasteiger partial charge in [-0.3, -0.25) is 4.79 Å². The first kappa shape index (κ1) is 13.0. The minimum Gasteiger partial charge on any atom is -0.338 e. The first-order valence-electron chi connectivity index (χ1n) is 6.07. The summed E-state index contributed by atoms with van der Waals surface area (Å²) in [5, 5.41) is 0. The number of hydrogen-bond donors (Lipinski definition) is 1. The Morgan fingerprint density at radius 1 is 1.44 bits per heavy atom. The average molecular weight is 252 g/mol. The zero-order valence-electron chi connectivity index (χ0n) is 10.1. The van der Waals surface area contributed by atoms with E-state index in [9.17, 15) is 9.18 Å². The topological polar surface area (TPSA) is 55.6 Å². The van der Waals surface area contributed by atoms with Crippen molar-refractivity contribution in [1.29, 1.82) is 0 Å². The highest BCUT2D eigenvalue weighted by Gasteiger charge is 2.24. The van der Waals surface area contributed by atoms with Gasteiger partial charge in [0.2, 0.25) is 0 Å². The minimum atomic E-state index is -0.334. The highest BCUT2D eigenvalue weighted by molar-refractivity contribution is 5.94. The van der Waals surface area contributed by atoms with E-state index in [2.05, 4.69) is 4.84 Å². The fourth-order valence-corrected chi connectivity index (χ4v) is 2.30. The Hall–Kier alpha value is -1.46. The normalized spacial score (nSPS) is 19.9. The first-order chi connectivity index (χ1) is 8.70. The average Bonchev–Trinajstić information content (AvgIpc) is 2.39. The number of rotatable bonds is 3. The standard InChI is InChI=1S/C13H17FN2O2/c14-12-5-3-11(4-6-12)13(17)16-7-1-2-10(8-16)9-18-15/h3-6,10H,1-2,7-9,15H2. The van der Waals surface area contributed by atoms with Crippen molar-refractivity contribution < 1.29 is 14.0 Å². The molecule has 1 aliphatic rings. The zero-order chi connectivity index (χ0) is 13.0. The molecule has 1 unspecified atom stereocenters. The highest BCUT2D eigenvalue weighted by atomic mass is 19.1. The Kier molecular flexibility index (Phi) is 4.28. The summed E-state index contributed by atoms with van der Waals surface area (Å²) in [6, 6.07) is 5.64. The number of carbonyl (C=O) groups excluding carboxylic acids is 1. The summed E-state index contributed by atoms with van der Waals surface area (Å²) >= 11 is 0. The summed E-state index contributed by atoms with van der Waals surface area (Å²) in [7, 11) is 0. The van der Waals surface area contributed by atoms with Crippen molar-refractivity contribution >= 4 is 5.91 Å². The van der Waals surface area contributed by atoms with Gasteiger partial charge in [0.15, 0.2) is 0 Å². The second-order valence-electron chi connectivity index (χ2n) is 4.60. The molecule has 0 aromatic heterocycles. The molecule has 0 spiro atoms. The molecular weight excluding hydrogens is 235 g/mol. The number of amides is 1. The Bertz CT molecular complexity index is 406. The smallest absolute Gasteiger partial charge is 0.253 e. The summed E-state index contributed by atoms with van der Waals surface area (Å²) < 4.78 is 12.8. The second-order valence-corrected chi connectivity index (χ2v) is 4.60. The van der Waals surface area contributed by atoms with Gasteiger partial charge in [-0.15, -0.1) is 0 Å². The van der Waals surface area contributed by atoms with Crippen molar-refractivity contribution in [2.45, 2.75) is 12.8 Å². The van der Waals surface area contributed by atoms with Gasteiger partial charge in [0.05, 0.1) is 6.61 Å². The lowest BCUT2D eigenvalue weighted by Crippen LogP contribution is -2.41. The van der Waals surface area contributed by atoms with Gasteiger partial charge in [-0.25, -0.2) is 10.3 Å².